The van der Waals surface area contributed by atoms with Gasteiger partial charge in [-0.25, -0.2) is 0 Å². The normalized spacial score (nSPS) is 17.0. The van der Waals surface area contributed by atoms with E-state index in [0.29, 0.717) is 5.82 Å². The van der Waals surface area contributed by atoms with Crippen LogP contribution < -0.4 is 0 Å². The molecule has 0 unspecified atom stereocenters. The lowest BCUT2D eigenvalue weighted by Crippen LogP contribution is -2.10. The Kier molecular flexibility index (Phi) is 2.40. The fourth-order valence-electron chi connectivity index (χ4n) is 2.11. The first kappa shape index (κ1) is 10.4. The molecule has 2 aromatic rings. The van der Waals surface area contributed by atoms with Gasteiger partial charge in [-0.05, 0) is 41.5 Å². The second-order valence-electron chi connectivity index (χ2n) is 4.77. The van der Waals surface area contributed by atoms with Gasteiger partial charge in [0.05, 0.1) is 0 Å². The Labute approximate surface area is 98.9 Å². The third kappa shape index (κ3) is 2.06. The molecule has 0 atom stereocenters. The molecule has 0 amide bonds. The number of nitrogens with zero attached hydrogens (tertiary/aromatic N) is 3. The number of aliphatic hydroxyl groups is 1. The summed E-state index contributed by atoms with van der Waals surface area (Å²) >= 11 is 0. The summed E-state index contributed by atoms with van der Waals surface area (Å²) < 4.78 is 0. The van der Waals surface area contributed by atoms with Crippen LogP contribution in [0.3, 0.4) is 0 Å². The number of H-pyrrole nitrogens is 1. The maximum absolute atomic E-state index is 9.33. The average molecular weight is 230 g/mol. The van der Waals surface area contributed by atoms with Gasteiger partial charge in [0.2, 0.25) is 5.82 Å². The highest BCUT2D eigenvalue weighted by molar-refractivity contribution is 5.55. The van der Waals surface area contributed by atoms with E-state index in [-0.39, 0.29) is 12.0 Å². The zero-order valence-corrected chi connectivity index (χ0v) is 9.43. The van der Waals surface area contributed by atoms with Crippen LogP contribution in [0.1, 0.15) is 18.4 Å². The summed E-state index contributed by atoms with van der Waals surface area (Å²) in [6.45, 7) is 0.277. The maximum Gasteiger partial charge on any atom is 0.204 e. The SMILES string of the molecule is OCC1(Cc2cccc(-c3nn[nH]n3)c2)CC1. The van der Waals surface area contributed by atoms with Gasteiger partial charge in [-0.2, -0.15) is 5.21 Å². The smallest absolute Gasteiger partial charge is 0.204 e. The van der Waals surface area contributed by atoms with Crippen molar-refractivity contribution in [1.82, 2.24) is 20.6 Å². The zero-order chi connectivity index (χ0) is 11.7. The molecule has 0 aliphatic heterocycles. The third-order valence-electron chi connectivity index (χ3n) is 3.40. The molecule has 2 N–H and O–H groups in total. The summed E-state index contributed by atoms with van der Waals surface area (Å²) in [6, 6.07) is 8.11. The molecule has 3 rings (SSSR count). The van der Waals surface area contributed by atoms with Crippen molar-refractivity contribution < 1.29 is 5.11 Å². The predicted octanol–water partition coefficient (Wildman–Crippen LogP) is 1.18. The van der Waals surface area contributed by atoms with E-state index >= 15 is 0 Å². The Morgan fingerprint density at radius 3 is 2.88 bits per heavy atom. The summed E-state index contributed by atoms with van der Waals surface area (Å²) in [7, 11) is 0. The number of aromatic amines is 1. The minimum Gasteiger partial charge on any atom is -0.396 e. The standard InChI is InChI=1S/C12H14N4O/c17-8-12(4-5-12)7-9-2-1-3-10(6-9)11-13-15-16-14-11/h1-3,6,17H,4-5,7-8H2,(H,13,14,15,16). The number of nitrogens with one attached hydrogen (secondary N) is 1. The molecule has 0 spiro atoms. The van der Waals surface area contributed by atoms with Gasteiger partial charge in [0.1, 0.15) is 0 Å². The van der Waals surface area contributed by atoms with Crippen LogP contribution in [0.4, 0.5) is 0 Å². The van der Waals surface area contributed by atoms with Gasteiger partial charge in [-0.15, -0.1) is 10.2 Å². The number of aromatic nitrogens is 4. The van der Waals surface area contributed by atoms with Crippen LogP contribution in [0.2, 0.25) is 0 Å². The average Bonchev–Trinajstić information content (AvgIpc) is 2.93. The number of hydrogen-bond donors (Lipinski definition) is 2. The summed E-state index contributed by atoms with van der Waals surface area (Å²) in [5.74, 6) is 0.612. The van der Waals surface area contributed by atoms with E-state index < -0.39 is 0 Å². The van der Waals surface area contributed by atoms with E-state index in [1.807, 2.05) is 12.1 Å². The van der Waals surface area contributed by atoms with Crippen molar-refractivity contribution in [2.24, 2.45) is 5.41 Å². The molecule has 1 aromatic carbocycles. The lowest BCUT2D eigenvalue weighted by atomic mass is 9.96. The Bertz CT molecular complexity index is 505. The predicted molar refractivity (Wildman–Crippen MR) is 62.1 cm³/mol. The highest BCUT2D eigenvalue weighted by Gasteiger charge is 2.41. The van der Waals surface area contributed by atoms with Crippen molar-refractivity contribution in [2.75, 3.05) is 6.61 Å². The van der Waals surface area contributed by atoms with Gasteiger partial charge in [0.25, 0.3) is 0 Å². The highest BCUT2D eigenvalue weighted by atomic mass is 16.3. The molecule has 1 aliphatic carbocycles. The van der Waals surface area contributed by atoms with Crippen LogP contribution in [0.15, 0.2) is 24.3 Å². The van der Waals surface area contributed by atoms with Crippen LogP contribution >= 0.6 is 0 Å². The third-order valence-corrected chi connectivity index (χ3v) is 3.40. The van der Waals surface area contributed by atoms with E-state index in [1.165, 1.54) is 5.56 Å². The topological polar surface area (TPSA) is 74.7 Å². The number of benzene rings is 1. The fourth-order valence-corrected chi connectivity index (χ4v) is 2.11. The Morgan fingerprint density at radius 2 is 2.24 bits per heavy atom. The molecule has 0 bridgehead atoms. The van der Waals surface area contributed by atoms with Crippen molar-refractivity contribution in [3.8, 4) is 11.4 Å². The zero-order valence-electron chi connectivity index (χ0n) is 9.43. The van der Waals surface area contributed by atoms with E-state index in [1.54, 1.807) is 0 Å². The number of rotatable bonds is 4. The minimum atomic E-state index is 0.135. The van der Waals surface area contributed by atoms with E-state index in [2.05, 4.69) is 32.8 Å². The molecule has 1 aromatic heterocycles. The summed E-state index contributed by atoms with van der Waals surface area (Å²) in [4.78, 5) is 0. The molecule has 88 valence electrons. The molecular formula is C12H14N4O. The Balaban J connectivity index is 1.85. The van der Waals surface area contributed by atoms with Gasteiger partial charge in [-0.3, -0.25) is 0 Å². The molecule has 17 heavy (non-hydrogen) atoms. The van der Waals surface area contributed by atoms with Gasteiger partial charge >= 0.3 is 0 Å². The molecule has 5 nitrogen and oxygen atoms in total. The molecule has 5 heteroatoms. The molecule has 1 fully saturated rings. The molecule has 1 saturated carbocycles. The fraction of sp³-hybridized carbons (Fsp3) is 0.417. The Morgan fingerprint density at radius 1 is 1.35 bits per heavy atom. The van der Waals surface area contributed by atoms with Crippen LogP contribution in [0.5, 0.6) is 0 Å². The van der Waals surface area contributed by atoms with Crippen molar-refractivity contribution in [1.29, 1.82) is 0 Å². The number of hydrogen-bond acceptors (Lipinski definition) is 4. The second-order valence-corrected chi connectivity index (χ2v) is 4.77. The monoisotopic (exact) mass is 230 g/mol. The molecule has 1 heterocycles. The highest BCUT2D eigenvalue weighted by Crippen LogP contribution is 2.47. The number of aliphatic hydroxyl groups excluding tert-OH is 1. The van der Waals surface area contributed by atoms with Gasteiger partial charge in [-0.1, -0.05) is 18.2 Å². The first-order valence-corrected chi connectivity index (χ1v) is 5.75. The summed E-state index contributed by atoms with van der Waals surface area (Å²) in [5, 5.41) is 23.3. The van der Waals surface area contributed by atoms with Gasteiger partial charge in [0.15, 0.2) is 0 Å². The van der Waals surface area contributed by atoms with Crippen LogP contribution in [-0.2, 0) is 6.42 Å². The van der Waals surface area contributed by atoms with Crippen molar-refractivity contribution >= 4 is 0 Å². The number of tetrazole rings is 1. The first-order valence-electron chi connectivity index (χ1n) is 5.75. The van der Waals surface area contributed by atoms with E-state index in [4.69, 9.17) is 0 Å². The summed E-state index contributed by atoms with van der Waals surface area (Å²) in [6.07, 6.45) is 3.17. The molecular weight excluding hydrogens is 216 g/mol. The van der Waals surface area contributed by atoms with Gasteiger partial charge < -0.3 is 5.11 Å². The second kappa shape index (κ2) is 3.92. The largest absolute Gasteiger partial charge is 0.396 e. The van der Waals surface area contributed by atoms with Crippen molar-refractivity contribution in [3.05, 3.63) is 29.8 Å². The van der Waals surface area contributed by atoms with Crippen LogP contribution in [-0.4, -0.2) is 32.3 Å². The minimum absolute atomic E-state index is 0.135. The lowest BCUT2D eigenvalue weighted by molar-refractivity contribution is 0.211. The van der Waals surface area contributed by atoms with Gasteiger partial charge in [0, 0.05) is 12.2 Å². The molecule has 0 saturated heterocycles. The molecule has 0 radical (unpaired) electrons. The van der Waals surface area contributed by atoms with Crippen molar-refractivity contribution in [3.63, 3.8) is 0 Å². The maximum atomic E-state index is 9.33. The van der Waals surface area contributed by atoms with Crippen LogP contribution in [0, 0.1) is 5.41 Å². The molecule has 1 aliphatic rings. The lowest BCUT2D eigenvalue weighted by Gasteiger charge is -2.11. The van der Waals surface area contributed by atoms with E-state index in [0.717, 1.165) is 24.8 Å². The van der Waals surface area contributed by atoms with Crippen LogP contribution in [0.25, 0.3) is 11.4 Å². The summed E-state index contributed by atoms with van der Waals surface area (Å²) in [5.41, 5.74) is 2.32. The first-order chi connectivity index (χ1) is 8.31. The quantitative estimate of drug-likeness (QED) is 0.827. The van der Waals surface area contributed by atoms with Crippen molar-refractivity contribution in [2.45, 2.75) is 19.3 Å². The Hall–Kier alpha value is -1.75. The van der Waals surface area contributed by atoms with E-state index in [9.17, 15) is 5.11 Å².